The number of aromatic nitrogens is 2. The van der Waals surface area contributed by atoms with E-state index in [1.165, 1.54) is 0 Å². The molecule has 0 aromatic carbocycles. The molecule has 112 valence electrons. The molecule has 1 aliphatic rings. The molecule has 0 aliphatic carbocycles. The Bertz CT molecular complexity index is 442. The second-order valence-electron chi connectivity index (χ2n) is 6.35. The number of amides is 1. The number of carbonyl (C=O) groups is 1. The van der Waals surface area contributed by atoms with Gasteiger partial charge < -0.3 is 15.4 Å². The molecule has 1 saturated heterocycles. The number of carbonyl (C=O) groups excluding carboxylic acids is 1. The Labute approximate surface area is 119 Å². The number of likely N-dealkylation sites (tertiary alicyclic amines) is 1. The van der Waals surface area contributed by atoms with Crippen molar-refractivity contribution in [1.82, 2.24) is 14.7 Å². The predicted molar refractivity (Wildman–Crippen MR) is 76.3 cm³/mol. The van der Waals surface area contributed by atoms with E-state index >= 15 is 0 Å². The average molecular weight is 280 g/mol. The maximum atomic E-state index is 12.0. The van der Waals surface area contributed by atoms with Gasteiger partial charge in [-0.25, -0.2) is 4.79 Å². The van der Waals surface area contributed by atoms with Gasteiger partial charge in [-0.1, -0.05) is 0 Å². The molecule has 0 atom stereocenters. The molecule has 0 bridgehead atoms. The number of piperidine rings is 1. The van der Waals surface area contributed by atoms with E-state index in [2.05, 4.69) is 5.10 Å². The van der Waals surface area contributed by atoms with E-state index in [1.807, 2.05) is 37.7 Å². The highest BCUT2D eigenvalue weighted by atomic mass is 16.6. The lowest BCUT2D eigenvalue weighted by Gasteiger charge is -2.41. The van der Waals surface area contributed by atoms with Crippen LogP contribution in [0.1, 0.15) is 33.6 Å². The van der Waals surface area contributed by atoms with Crippen LogP contribution in [0.15, 0.2) is 18.5 Å². The third-order valence-electron chi connectivity index (χ3n) is 3.72. The summed E-state index contributed by atoms with van der Waals surface area (Å²) in [5, 5.41) is 4.31. The molecule has 0 unspecified atom stereocenters. The molecule has 0 spiro atoms. The Balaban J connectivity index is 1.99. The highest BCUT2D eigenvalue weighted by Gasteiger charge is 2.37. The highest BCUT2D eigenvalue weighted by Crippen LogP contribution is 2.29. The SMILES string of the molecule is CC(C)(C)OC(=O)N1CCC(CN)(n2cccn2)CC1. The van der Waals surface area contributed by atoms with E-state index < -0.39 is 5.60 Å². The summed E-state index contributed by atoms with van der Waals surface area (Å²) in [7, 11) is 0. The van der Waals surface area contributed by atoms with Gasteiger partial charge in [0.15, 0.2) is 0 Å². The van der Waals surface area contributed by atoms with E-state index in [0.717, 1.165) is 12.8 Å². The van der Waals surface area contributed by atoms with Crippen molar-refractivity contribution >= 4 is 6.09 Å². The van der Waals surface area contributed by atoms with E-state index in [-0.39, 0.29) is 11.6 Å². The second kappa shape index (κ2) is 5.44. The first-order chi connectivity index (χ1) is 9.36. The minimum Gasteiger partial charge on any atom is -0.444 e. The topological polar surface area (TPSA) is 73.4 Å². The number of nitrogens with zero attached hydrogens (tertiary/aromatic N) is 3. The van der Waals surface area contributed by atoms with Gasteiger partial charge in [0.25, 0.3) is 0 Å². The van der Waals surface area contributed by atoms with Gasteiger partial charge in [0, 0.05) is 32.0 Å². The Morgan fingerprint density at radius 2 is 2.05 bits per heavy atom. The van der Waals surface area contributed by atoms with Crippen LogP contribution in [0.2, 0.25) is 0 Å². The molecule has 20 heavy (non-hydrogen) atoms. The smallest absolute Gasteiger partial charge is 0.410 e. The minimum absolute atomic E-state index is 0.179. The molecular weight excluding hydrogens is 256 g/mol. The first-order valence-electron chi connectivity index (χ1n) is 7.04. The minimum atomic E-state index is -0.457. The molecule has 1 aromatic heterocycles. The van der Waals surface area contributed by atoms with Gasteiger partial charge in [-0.15, -0.1) is 0 Å². The summed E-state index contributed by atoms with van der Waals surface area (Å²) >= 11 is 0. The summed E-state index contributed by atoms with van der Waals surface area (Å²) in [4.78, 5) is 13.8. The average Bonchev–Trinajstić information content (AvgIpc) is 2.91. The van der Waals surface area contributed by atoms with Gasteiger partial charge in [0.2, 0.25) is 0 Å². The zero-order valence-corrected chi connectivity index (χ0v) is 12.5. The summed E-state index contributed by atoms with van der Waals surface area (Å²) < 4.78 is 7.33. The van der Waals surface area contributed by atoms with Crippen molar-refractivity contribution in [3.05, 3.63) is 18.5 Å². The largest absolute Gasteiger partial charge is 0.444 e. The molecule has 1 aliphatic heterocycles. The standard InChI is InChI=1S/C14H24N4O2/c1-13(2,3)20-12(19)17-9-5-14(11-15,6-10-17)18-8-4-7-16-18/h4,7-8H,5-6,9-11,15H2,1-3H3. The van der Waals surface area contributed by atoms with Gasteiger partial charge >= 0.3 is 6.09 Å². The Kier molecular flexibility index (Phi) is 4.04. The Morgan fingerprint density at radius 1 is 1.40 bits per heavy atom. The molecule has 0 radical (unpaired) electrons. The number of ether oxygens (including phenoxy) is 1. The van der Waals surface area contributed by atoms with Crippen molar-refractivity contribution in [1.29, 1.82) is 0 Å². The van der Waals surface area contributed by atoms with E-state index in [1.54, 1.807) is 11.1 Å². The van der Waals surface area contributed by atoms with Crippen LogP contribution in [-0.4, -0.2) is 46.0 Å². The van der Waals surface area contributed by atoms with Crippen molar-refractivity contribution in [3.8, 4) is 0 Å². The van der Waals surface area contributed by atoms with Crippen LogP contribution >= 0.6 is 0 Å². The van der Waals surface area contributed by atoms with Crippen LogP contribution in [0.4, 0.5) is 4.79 Å². The van der Waals surface area contributed by atoms with Gasteiger partial charge in [0.1, 0.15) is 5.60 Å². The quantitative estimate of drug-likeness (QED) is 0.892. The van der Waals surface area contributed by atoms with Crippen LogP contribution < -0.4 is 5.73 Å². The molecule has 2 heterocycles. The summed E-state index contributed by atoms with van der Waals surface area (Å²) in [6.45, 7) is 7.45. The van der Waals surface area contributed by atoms with Crippen molar-refractivity contribution in [2.75, 3.05) is 19.6 Å². The van der Waals surface area contributed by atoms with Gasteiger partial charge in [-0.2, -0.15) is 5.10 Å². The zero-order valence-electron chi connectivity index (χ0n) is 12.5. The normalized spacial score (nSPS) is 18.9. The van der Waals surface area contributed by atoms with E-state index in [4.69, 9.17) is 10.5 Å². The second-order valence-corrected chi connectivity index (χ2v) is 6.35. The van der Waals surface area contributed by atoms with E-state index in [9.17, 15) is 4.79 Å². The third-order valence-corrected chi connectivity index (χ3v) is 3.72. The molecule has 6 heteroatoms. The molecule has 0 saturated carbocycles. The molecule has 2 N–H and O–H groups in total. The lowest BCUT2D eigenvalue weighted by molar-refractivity contribution is 0.0109. The van der Waals surface area contributed by atoms with Crippen molar-refractivity contribution in [2.45, 2.75) is 44.8 Å². The molecule has 1 amide bonds. The van der Waals surface area contributed by atoms with Gasteiger partial charge in [-0.3, -0.25) is 4.68 Å². The van der Waals surface area contributed by atoms with Crippen LogP contribution in [0.25, 0.3) is 0 Å². The Hall–Kier alpha value is -1.56. The van der Waals surface area contributed by atoms with Crippen LogP contribution in [-0.2, 0) is 10.3 Å². The molecule has 2 rings (SSSR count). The number of rotatable bonds is 2. The van der Waals surface area contributed by atoms with Crippen molar-refractivity contribution < 1.29 is 9.53 Å². The maximum Gasteiger partial charge on any atom is 0.410 e. The lowest BCUT2D eigenvalue weighted by atomic mass is 9.88. The summed E-state index contributed by atoms with van der Waals surface area (Å²) in [6, 6.07) is 1.90. The fraction of sp³-hybridized carbons (Fsp3) is 0.714. The summed E-state index contributed by atoms with van der Waals surface area (Å²) in [6.07, 6.45) is 5.05. The molecular formula is C14H24N4O2. The first kappa shape index (κ1) is 14.8. The molecule has 1 aromatic rings. The predicted octanol–water partition coefficient (Wildman–Crippen LogP) is 1.57. The monoisotopic (exact) mass is 280 g/mol. The van der Waals surface area contributed by atoms with Crippen LogP contribution in [0, 0.1) is 0 Å². The number of nitrogens with two attached hydrogens (primary N) is 1. The fourth-order valence-electron chi connectivity index (χ4n) is 2.51. The maximum absolute atomic E-state index is 12.0. The third kappa shape index (κ3) is 3.12. The zero-order chi connectivity index (χ0) is 14.8. The molecule has 1 fully saturated rings. The Morgan fingerprint density at radius 3 is 2.50 bits per heavy atom. The number of hydrogen-bond donors (Lipinski definition) is 1. The van der Waals surface area contributed by atoms with Crippen LogP contribution in [0.3, 0.4) is 0 Å². The summed E-state index contributed by atoms with van der Waals surface area (Å²) in [5.41, 5.74) is 5.32. The highest BCUT2D eigenvalue weighted by molar-refractivity contribution is 5.68. The van der Waals surface area contributed by atoms with Crippen molar-refractivity contribution in [3.63, 3.8) is 0 Å². The van der Waals surface area contributed by atoms with Gasteiger partial charge in [0.05, 0.1) is 5.54 Å². The number of hydrogen-bond acceptors (Lipinski definition) is 4. The summed E-state index contributed by atoms with van der Waals surface area (Å²) in [5.74, 6) is 0. The fourth-order valence-corrected chi connectivity index (χ4v) is 2.51. The van der Waals surface area contributed by atoms with Crippen LogP contribution in [0.5, 0.6) is 0 Å². The van der Waals surface area contributed by atoms with E-state index in [0.29, 0.717) is 19.6 Å². The lowest BCUT2D eigenvalue weighted by Crippen LogP contribution is -2.52. The van der Waals surface area contributed by atoms with Gasteiger partial charge in [-0.05, 0) is 39.7 Å². The van der Waals surface area contributed by atoms with Crippen molar-refractivity contribution in [2.24, 2.45) is 5.73 Å². The first-order valence-corrected chi connectivity index (χ1v) is 7.04. The molecule has 6 nitrogen and oxygen atoms in total.